The van der Waals surface area contributed by atoms with Gasteiger partial charge in [-0.1, -0.05) is 47.0 Å². The largest absolute Gasteiger partial charge is 0.479 e. The second-order valence-corrected chi connectivity index (χ2v) is 2.78. The molecule has 0 heterocycles. The van der Waals surface area contributed by atoms with Crippen molar-refractivity contribution in [3.8, 4) is 0 Å². The summed E-state index contributed by atoms with van der Waals surface area (Å²) in [4.78, 5) is 10.1. The molecule has 0 amide bonds. The molecule has 3 N–H and O–H groups in total. The molecule has 0 spiro atoms. The van der Waals surface area contributed by atoms with Gasteiger partial charge in [-0.3, -0.25) is 0 Å². The summed E-state index contributed by atoms with van der Waals surface area (Å²) in [5.41, 5.74) is 0. The molecule has 102 valence electrons. The number of aliphatic carboxylic acids is 1. The predicted molar refractivity (Wildman–Crippen MR) is 66.5 cm³/mol. The quantitative estimate of drug-likeness (QED) is 0.467. The van der Waals surface area contributed by atoms with Crippen molar-refractivity contribution < 1.29 is 20.1 Å². The van der Waals surface area contributed by atoms with Crippen LogP contribution in [-0.4, -0.2) is 34.0 Å². The molecule has 0 rings (SSSR count). The van der Waals surface area contributed by atoms with Crippen LogP contribution >= 0.6 is 0 Å². The summed E-state index contributed by atoms with van der Waals surface area (Å²) in [6, 6.07) is 0. The molecule has 0 fully saturated rings. The molecule has 5 heteroatoms. The number of rotatable bonds is 7. The van der Waals surface area contributed by atoms with E-state index in [-0.39, 0.29) is 6.61 Å². The standard InChI is InChI=1S/C8H16O4.2C2H6.Rf/c9-6-4-2-1-3-5-7(10)8(11)12;2*1-2;/h7,9-10H,1-6H2,(H,11,12);2*1-2H3;. The fourth-order valence-electron chi connectivity index (χ4n) is 0.927. The fourth-order valence-corrected chi connectivity index (χ4v) is 0.927. The van der Waals surface area contributed by atoms with Crippen LogP contribution in [0.25, 0.3) is 0 Å². The van der Waals surface area contributed by atoms with Gasteiger partial charge < -0.3 is 15.3 Å². The molecular formula is C12H28O4Rf. The molecule has 0 aromatic heterocycles. The number of aliphatic hydroxyl groups is 2. The molecule has 0 aliphatic heterocycles. The Balaban J connectivity index is -0.000000152. The third-order valence-corrected chi connectivity index (χ3v) is 1.67. The van der Waals surface area contributed by atoms with E-state index < -0.39 is 12.1 Å². The Labute approximate surface area is 99.3 Å². The maximum Gasteiger partial charge on any atom is 0.332 e. The monoisotopic (exact) mass is 503 g/mol. The van der Waals surface area contributed by atoms with E-state index in [0.717, 1.165) is 19.3 Å². The van der Waals surface area contributed by atoms with Crippen molar-refractivity contribution in [2.45, 2.75) is 65.9 Å². The van der Waals surface area contributed by atoms with Gasteiger partial charge in [0.25, 0.3) is 0 Å². The molecule has 0 aromatic carbocycles. The zero-order valence-corrected chi connectivity index (χ0v) is 18.2. The third kappa shape index (κ3) is 25.1. The molecule has 1 atom stereocenters. The van der Waals surface area contributed by atoms with E-state index in [1.54, 1.807) is 0 Å². The Morgan fingerprint density at radius 1 is 1.00 bits per heavy atom. The molecule has 0 aliphatic carbocycles. The second-order valence-electron chi connectivity index (χ2n) is 2.78. The van der Waals surface area contributed by atoms with Crippen LogP contribution < -0.4 is 0 Å². The number of carboxylic acids is 1. The number of unbranched alkanes of at least 4 members (excludes halogenated alkanes) is 3. The normalized spacial score (nSPS) is 9.76. The average Bonchev–Trinajstić information content (AvgIpc) is 2.33. The van der Waals surface area contributed by atoms with E-state index in [0.29, 0.717) is 12.8 Å². The van der Waals surface area contributed by atoms with Gasteiger partial charge in [-0.2, -0.15) is 0 Å². The Kier molecular flexibility index (Phi) is 34.5. The molecule has 0 saturated heterocycles. The van der Waals surface area contributed by atoms with Crippen LogP contribution in [0.5, 0.6) is 0 Å². The maximum atomic E-state index is 10.1. The Morgan fingerprint density at radius 2 is 1.41 bits per heavy atom. The van der Waals surface area contributed by atoms with Gasteiger partial charge in [0.1, 0.15) is 0 Å². The number of aliphatic hydroxyl groups excluding tert-OH is 2. The summed E-state index contributed by atoms with van der Waals surface area (Å²) < 4.78 is 0. The minimum Gasteiger partial charge on any atom is -0.479 e. The topological polar surface area (TPSA) is 77.8 Å². The first-order valence-corrected chi connectivity index (χ1v) is 6.20. The van der Waals surface area contributed by atoms with Crippen LogP contribution in [-0.2, 0) is 4.79 Å². The van der Waals surface area contributed by atoms with Crippen molar-refractivity contribution >= 4 is 5.97 Å². The first-order valence-electron chi connectivity index (χ1n) is 6.20. The molecule has 0 bridgehead atoms. The predicted octanol–water partition coefficient (Wildman–Crippen LogP) is 2.43. The molecule has 4 nitrogen and oxygen atoms in total. The summed E-state index contributed by atoms with van der Waals surface area (Å²) in [5.74, 6) is -1.16. The van der Waals surface area contributed by atoms with Crippen LogP contribution in [0.3, 0.4) is 0 Å². The van der Waals surface area contributed by atoms with Gasteiger partial charge in [-0.15, -0.1) is 0 Å². The van der Waals surface area contributed by atoms with Crippen LogP contribution in [0.4, 0.5) is 0 Å². The number of hydrogen-bond acceptors (Lipinski definition) is 3. The van der Waals surface area contributed by atoms with Crippen molar-refractivity contribution in [3.63, 3.8) is 0 Å². The van der Waals surface area contributed by atoms with E-state index in [1.165, 1.54) is 0 Å². The Hall–Kier alpha value is -1.61. The van der Waals surface area contributed by atoms with Crippen molar-refractivity contribution in [3.05, 3.63) is 0 Å². The fraction of sp³-hybridized carbons (Fsp3) is 0.917. The van der Waals surface area contributed by atoms with E-state index >= 15 is 0 Å². The Bertz CT molecular complexity index is 132. The van der Waals surface area contributed by atoms with Crippen molar-refractivity contribution in [1.82, 2.24) is 0 Å². The molecule has 0 aromatic rings. The van der Waals surface area contributed by atoms with Gasteiger partial charge in [0, 0.05) is 6.61 Å². The van der Waals surface area contributed by atoms with E-state index in [1.807, 2.05) is 27.7 Å². The van der Waals surface area contributed by atoms with Crippen LogP contribution in [0.2, 0.25) is 0 Å². The molecule has 17 heavy (non-hydrogen) atoms. The van der Waals surface area contributed by atoms with Gasteiger partial charge >= 0.3 is 5.97 Å². The summed E-state index contributed by atoms with van der Waals surface area (Å²) in [7, 11) is 0. The van der Waals surface area contributed by atoms with Gasteiger partial charge in [-0.05, 0) is 12.8 Å². The van der Waals surface area contributed by atoms with Crippen molar-refractivity contribution in [1.29, 1.82) is 0 Å². The first kappa shape index (κ1) is 24.6. The zero-order valence-electron chi connectivity index (χ0n) is 11.8. The van der Waals surface area contributed by atoms with Crippen LogP contribution in [0, 0.1) is 0 Å². The molecule has 0 saturated carbocycles. The van der Waals surface area contributed by atoms with Gasteiger partial charge in [0.05, 0.1) is 0 Å². The SMILES string of the molecule is CC.CC.O=C(O)C(O)CCCCCCO.[Rf]. The van der Waals surface area contributed by atoms with E-state index in [2.05, 4.69) is 0 Å². The number of hydrogen-bond donors (Lipinski definition) is 3. The first-order chi connectivity index (χ1) is 7.68. The number of carboxylic acid groups (broad SMARTS) is 1. The zero-order chi connectivity index (χ0) is 13.4. The van der Waals surface area contributed by atoms with E-state index in [9.17, 15) is 4.79 Å². The summed E-state index contributed by atoms with van der Waals surface area (Å²) in [6.45, 7) is 8.18. The molecule has 1 unspecified atom stereocenters. The summed E-state index contributed by atoms with van der Waals surface area (Å²) >= 11 is 0. The number of carbonyl (C=O) groups is 1. The van der Waals surface area contributed by atoms with Crippen LogP contribution in [0.1, 0.15) is 59.8 Å². The van der Waals surface area contributed by atoms with Crippen molar-refractivity contribution in [2.24, 2.45) is 0 Å². The minimum atomic E-state index is -1.22. The van der Waals surface area contributed by atoms with Crippen LogP contribution in [0.15, 0.2) is 0 Å². The molecular weight excluding hydrogens is 475 g/mol. The molecule has 0 aliphatic rings. The minimum absolute atomic E-state index is 0. The Morgan fingerprint density at radius 3 is 1.76 bits per heavy atom. The average molecular weight is 503 g/mol. The smallest absolute Gasteiger partial charge is 0.332 e. The summed E-state index contributed by atoms with van der Waals surface area (Å²) in [6.07, 6.45) is 2.30. The van der Waals surface area contributed by atoms with Gasteiger partial charge in [0.15, 0.2) is 6.10 Å². The van der Waals surface area contributed by atoms with E-state index in [4.69, 9.17) is 15.3 Å². The van der Waals surface area contributed by atoms with Crippen molar-refractivity contribution in [2.75, 3.05) is 6.61 Å². The van der Waals surface area contributed by atoms with Gasteiger partial charge in [0.2, 0.25) is 0 Å². The van der Waals surface area contributed by atoms with Gasteiger partial charge in [-0.25, -0.2) is 4.79 Å². The third-order valence-electron chi connectivity index (χ3n) is 1.67. The second kappa shape index (κ2) is 23.9. The maximum absolute atomic E-state index is 10.1. The molecule has 0 radical (unpaired) electrons. The summed E-state index contributed by atoms with van der Waals surface area (Å²) in [5, 5.41) is 25.5.